The van der Waals surface area contributed by atoms with E-state index in [0.29, 0.717) is 13.1 Å². The normalized spacial score (nSPS) is 12.4. The average Bonchev–Trinajstić information content (AvgIpc) is 2.68. The molecule has 0 radical (unpaired) electrons. The first-order chi connectivity index (χ1) is 7.65. The second-order valence-electron chi connectivity index (χ2n) is 3.91. The lowest BCUT2D eigenvalue weighted by molar-refractivity contribution is -0.124. The van der Waals surface area contributed by atoms with Crippen LogP contribution in [0.15, 0.2) is 6.33 Å². The van der Waals surface area contributed by atoms with Crippen LogP contribution in [0.2, 0.25) is 0 Å². The van der Waals surface area contributed by atoms with Gasteiger partial charge in [0.2, 0.25) is 5.91 Å². The lowest BCUT2D eigenvalue weighted by Gasteiger charge is -2.10. The van der Waals surface area contributed by atoms with Gasteiger partial charge in [0, 0.05) is 13.0 Å². The van der Waals surface area contributed by atoms with Gasteiger partial charge in [-0.2, -0.15) is 0 Å². The number of carbonyl (C=O) groups excluding carboxylic acids is 1. The summed E-state index contributed by atoms with van der Waals surface area (Å²) in [5, 5.41) is 10.5. The third kappa shape index (κ3) is 3.62. The number of nitrogens with one attached hydrogen (secondary N) is 1. The molecule has 3 N–H and O–H groups in total. The first-order valence-corrected chi connectivity index (χ1v) is 5.45. The Morgan fingerprint density at radius 1 is 1.69 bits per heavy atom. The largest absolute Gasteiger partial charge is 0.349 e. The standard InChI is InChI=1S/C10H19N5O/c1-8(4-3-5-11)10(16)12-6-9-14-13-7-15(9)2/h7-8H,3-6,11H2,1-2H3,(H,12,16). The second kappa shape index (κ2) is 6.22. The zero-order valence-electron chi connectivity index (χ0n) is 9.81. The Hall–Kier alpha value is -1.43. The van der Waals surface area contributed by atoms with Crippen LogP contribution in [0.25, 0.3) is 0 Å². The van der Waals surface area contributed by atoms with Crippen molar-refractivity contribution in [2.24, 2.45) is 18.7 Å². The van der Waals surface area contributed by atoms with Crippen LogP contribution in [0.4, 0.5) is 0 Å². The number of nitrogens with zero attached hydrogens (tertiary/aromatic N) is 3. The molecule has 0 fully saturated rings. The molecular weight excluding hydrogens is 206 g/mol. The maximum absolute atomic E-state index is 11.6. The zero-order valence-corrected chi connectivity index (χ0v) is 9.81. The van der Waals surface area contributed by atoms with Crippen molar-refractivity contribution in [3.05, 3.63) is 12.2 Å². The van der Waals surface area contributed by atoms with Crippen LogP contribution >= 0.6 is 0 Å². The molecule has 0 bridgehead atoms. The molecule has 1 aromatic heterocycles. The molecule has 1 rings (SSSR count). The highest BCUT2D eigenvalue weighted by atomic mass is 16.1. The van der Waals surface area contributed by atoms with E-state index in [4.69, 9.17) is 5.73 Å². The Balaban J connectivity index is 2.32. The van der Waals surface area contributed by atoms with Gasteiger partial charge in [-0.3, -0.25) is 4.79 Å². The second-order valence-corrected chi connectivity index (χ2v) is 3.91. The fraction of sp³-hybridized carbons (Fsp3) is 0.700. The topological polar surface area (TPSA) is 85.8 Å². The van der Waals surface area contributed by atoms with Gasteiger partial charge in [0.25, 0.3) is 0 Å². The monoisotopic (exact) mass is 225 g/mol. The van der Waals surface area contributed by atoms with E-state index >= 15 is 0 Å². The molecule has 1 aromatic rings. The molecule has 16 heavy (non-hydrogen) atoms. The highest BCUT2D eigenvalue weighted by Gasteiger charge is 2.12. The van der Waals surface area contributed by atoms with Gasteiger partial charge in [-0.1, -0.05) is 6.92 Å². The molecule has 0 aliphatic rings. The molecule has 0 aromatic carbocycles. The first kappa shape index (κ1) is 12.6. The van der Waals surface area contributed by atoms with E-state index in [2.05, 4.69) is 15.5 Å². The van der Waals surface area contributed by atoms with Gasteiger partial charge in [0.15, 0.2) is 5.82 Å². The molecular formula is C10H19N5O. The van der Waals surface area contributed by atoms with Crippen LogP contribution in [0, 0.1) is 5.92 Å². The number of amides is 1. The number of carbonyl (C=O) groups is 1. The summed E-state index contributed by atoms with van der Waals surface area (Å²) >= 11 is 0. The predicted molar refractivity (Wildman–Crippen MR) is 60.3 cm³/mol. The van der Waals surface area contributed by atoms with Gasteiger partial charge < -0.3 is 15.6 Å². The Morgan fingerprint density at radius 2 is 2.44 bits per heavy atom. The summed E-state index contributed by atoms with van der Waals surface area (Å²) in [5.74, 6) is 0.785. The van der Waals surface area contributed by atoms with Crippen LogP contribution in [0.1, 0.15) is 25.6 Å². The van der Waals surface area contributed by atoms with Gasteiger partial charge >= 0.3 is 0 Å². The Bertz CT molecular complexity index is 336. The van der Waals surface area contributed by atoms with Gasteiger partial charge in [0.05, 0.1) is 6.54 Å². The summed E-state index contributed by atoms with van der Waals surface area (Å²) in [6.45, 7) is 2.95. The van der Waals surface area contributed by atoms with Crippen LogP contribution in [-0.4, -0.2) is 27.2 Å². The number of rotatable bonds is 6. The number of aromatic nitrogens is 3. The molecule has 90 valence electrons. The fourth-order valence-electron chi connectivity index (χ4n) is 1.36. The minimum Gasteiger partial charge on any atom is -0.349 e. The van der Waals surface area contributed by atoms with Crippen molar-refractivity contribution in [1.82, 2.24) is 20.1 Å². The van der Waals surface area contributed by atoms with E-state index in [1.165, 1.54) is 0 Å². The Kier molecular flexibility index (Phi) is 4.91. The van der Waals surface area contributed by atoms with Crippen LogP contribution in [-0.2, 0) is 18.4 Å². The van der Waals surface area contributed by atoms with Crippen LogP contribution < -0.4 is 11.1 Å². The summed E-state index contributed by atoms with van der Waals surface area (Å²) in [4.78, 5) is 11.6. The van der Waals surface area contributed by atoms with Gasteiger partial charge in [-0.15, -0.1) is 10.2 Å². The minimum absolute atomic E-state index is 0.00298. The Morgan fingerprint density at radius 3 is 3.00 bits per heavy atom. The molecule has 1 unspecified atom stereocenters. The molecule has 0 aliphatic heterocycles. The molecule has 0 aliphatic carbocycles. The molecule has 0 saturated carbocycles. The first-order valence-electron chi connectivity index (χ1n) is 5.45. The average molecular weight is 225 g/mol. The van der Waals surface area contributed by atoms with Crippen molar-refractivity contribution in [2.45, 2.75) is 26.3 Å². The van der Waals surface area contributed by atoms with Crippen molar-refractivity contribution in [2.75, 3.05) is 6.54 Å². The number of nitrogens with two attached hydrogens (primary N) is 1. The molecule has 6 heteroatoms. The highest BCUT2D eigenvalue weighted by Crippen LogP contribution is 2.04. The molecule has 0 spiro atoms. The van der Waals surface area contributed by atoms with Crippen molar-refractivity contribution >= 4 is 5.91 Å². The van der Waals surface area contributed by atoms with E-state index < -0.39 is 0 Å². The predicted octanol–water partition coefficient (Wildman–Crippen LogP) is -0.194. The third-order valence-corrected chi connectivity index (χ3v) is 2.51. The highest BCUT2D eigenvalue weighted by molar-refractivity contribution is 5.78. The lowest BCUT2D eigenvalue weighted by atomic mass is 10.1. The summed E-state index contributed by atoms with van der Waals surface area (Å²) in [6, 6.07) is 0. The van der Waals surface area contributed by atoms with Crippen molar-refractivity contribution in [3.63, 3.8) is 0 Å². The SMILES string of the molecule is CC(CCCN)C(=O)NCc1nncn1C. The van der Waals surface area contributed by atoms with Crippen molar-refractivity contribution in [3.8, 4) is 0 Å². The summed E-state index contributed by atoms with van der Waals surface area (Å²) in [5.41, 5.74) is 5.39. The lowest BCUT2D eigenvalue weighted by Crippen LogP contribution is -2.30. The van der Waals surface area contributed by atoms with E-state index in [0.717, 1.165) is 18.7 Å². The van der Waals surface area contributed by atoms with Crippen molar-refractivity contribution < 1.29 is 4.79 Å². The third-order valence-electron chi connectivity index (χ3n) is 2.51. The van der Waals surface area contributed by atoms with Crippen LogP contribution in [0.5, 0.6) is 0 Å². The summed E-state index contributed by atoms with van der Waals surface area (Å²) in [6.07, 6.45) is 3.30. The van der Waals surface area contributed by atoms with E-state index in [1.807, 2.05) is 14.0 Å². The zero-order chi connectivity index (χ0) is 12.0. The van der Waals surface area contributed by atoms with E-state index in [1.54, 1.807) is 10.9 Å². The minimum atomic E-state index is -0.00298. The Labute approximate surface area is 95.2 Å². The quantitative estimate of drug-likeness (QED) is 0.702. The van der Waals surface area contributed by atoms with Gasteiger partial charge in [-0.05, 0) is 19.4 Å². The van der Waals surface area contributed by atoms with Gasteiger partial charge in [-0.25, -0.2) is 0 Å². The number of aryl methyl sites for hydroxylation is 1. The van der Waals surface area contributed by atoms with E-state index in [-0.39, 0.29) is 11.8 Å². The number of hydrogen-bond acceptors (Lipinski definition) is 4. The van der Waals surface area contributed by atoms with E-state index in [9.17, 15) is 4.79 Å². The molecule has 1 amide bonds. The number of hydrogen-bond donors (Lipinski definition) is 2. The maximum Gasteiger partial charge on any atom is 0.223 e. The van der Waals surface area contributed by atoms with Crippen molar-refractivity contribution in [1.29, 1.82) is 0 Å². The summed E-state index contributed by atoms with van der Waals surface area (Å²) in [7, 11) is 1.85. The smallest absolute Gasteiger partial charge is 0.223 e. The summed E-state index contributed by atoms with van der Waals surface area (Å²) < 4.78 is 1.78. The molecule has 0 saturated heterocycles. The van der Waals surface area contributed by atoms with Crippen LogP contribution in [0.3, 0.4) is 0 Å². The maximum atomic E-state index is 11.6. The molecule has 1 heterocycles. The fourth-order valence-corrected chi connectivity index (χ4v) is 1.36. The molecule has 6 nitrogen and oxygen atoms in total. The van der Waals surface area contributed by atoms with Gasteiger partial charge in [0.1, 0.15) is 6.33 Å². The molecule has 1 atom stereocenters.